The Morgan fingerprint density at radius 1 is 1.09 bits per heavy atom. The van der Waals surface area contributed by atoms with Crippen molar-refractivity contribution in [3.05, 3.63) is 65.4 Å². The lowest BCUT2D eigenvalue weighted by Gasteiger charge is -2.29. The highest BCUT2D eigenvalue weighted by Gasteiger charge is 2.70. The van der Waals surface area contributed by atoms with Crippen molar-refractivity contribution < 1.29 is 19.1 Å². The first-order valence-corrected chi connectivity index (χ1v) is 12.0. The van der Waals surface area contributed by atoms with Crippen molar-refractivity contribution in [2.45, 2.75) is 31.3 Å². The Balaban J connectivity index is 1.45. The molecule has 2 saturated heterocycles. The zero-order valence-corrected chi connectivity index (χ0v) is 19.8. The number of benzene rings is 2. The molecule has 1 spiro atoms. The van der Waals surface area contributed by atoms with Crippen molar-refractivity contribution in [3.8, 4) is 0 Å². The lowest BCUT2D eigenvalue weighted by molar-refractivity contribution is -0.143. The molecular formula is C27H28N4O4. The van der Waals surface area contributed by atoms with Crippen molar-refractivity contribution in [1.29, 1.82) is 0 Å². The van der Waals surface area contributed by atoms with Gasteiger partial charge in [0.2, 0.25) is 17.7 Å². The molecule has 2 fully saturated rings. The van der Waals surface area contributed by atoms with E-state index in [9.17, 15) is 14.4 Å². The number of imide groups is 1. The van der Waals surface area contributed by atoms with Gasteiger partial charge in [-0.1, -0.05) is 35.9 Å². The van der Waals surface area contributed by atoms with Crippen LogP contribution >= 0.6 is 0 Å². The fourth-order valence-corrected chi connectivity index (χ4v) is 6.28. The fraction of sp³-hybridized carbons (Fsp3) is 0.370. The molecule has 3 aliphatic heterocycles. The molecule has 1 aromatic heterocycles. The van der Waals surface area contributed by atoms with Crippen LogP contribution in [0.1, 0.15) is 23.1 Å². The van der Waals surface area contributed by atoms with Crippen LogP contribution in [0, 0.1) is 18.8 Å². The molecule has 3 N–H and O–H groups in total. The van der Waals surface area contributed by atoms with Crippen molar-refractivity contribution in [3.63, 3.8) is 0 Å². The predicted octanol–water partition coefficient (Wildman–Crippen LogP) is 2.48. The monoisotopic (exact) mass is 472 g/mol. The highest BCUT2D eigenvalue weighted by Crippen LogP contribution is 2.53. The topological polar surface area (TPSA) is 104 Å². The van der Waals surface area contributed by atoms with Gasteiger partial charge in [0.05, 0.1) is 11.8 Å². The van der Waals surface area contributed by atoms with Gasteiger partial charge in [0.25, 0.3) is 0 Å². The standard InChI is InChI=1S/C27H28N4O4/c1-15-8-9-20-18(12-15)27(26(34)29-20)23-22(24(32)31(25(23)33)10-5-11-35-2)21(30-27)13-16-14-28-19-7-4-3-6-17(16)19/h3-4,6-9,12,14,21-23,28,30H,5,10-11,13H2,1-2H3,(H,29,34)/t21-,22+,23-,27-/m0/s1. The summed E-state index contributed by atoms with van der Waals surface area (Å²) in [7, 11) is 1.60. The summed E-state index contributed by atoms with van der Waals surface area (Å²) in [6.45, 7) is 2.71. The number of nitrogens with zero attached hydrogens (tertiary/aromatic N) is 1. The molecule has 4 atom stereocenters. The highest BCUT2D eigenvalue weighted by molar-refractivity contribution is 6.15. The number of likely N-dealkylation sites (tertiary alicyclic amines) is 1. The van der Waals surface area contributed by atoms with Crippen LogP contribution in [0.2, 0.25) is 0 Å². The van der Waals surface area contributed by atoms with Gasteiger partial charge in [-0.3, -0.25) is 24.6 Å². The average Bonchev–Trinajstić information content (AvgIpc) is 3.55. The lowest BCUT2D eigenvalue weighted by Crippen LogP contribution is -2.53. The molecule has 8 nitrogen and oxygen atoms in total. The van der Waals surface area contributed by atoms with E-state index < -0.39 is 17.4 Å². The van der Waals surface area contributed by atoms with Gasteiger partial charge < -0.3 is 15.0 Å². The number of aromatic amines is 1. The molecular weight excluding hydrogens is 444 g/mol. The quantitative estimate of drug-likeness (QED) is 0.378. The van der Waals surface area contributed by atoms with Crippen LogP contribution in [-0.4, -0.2) is 53.9 Å². The van der Waals surface area contributed by atoms with E-state index in [4.69, 9.17) is 4.74 Å². The number of anilines is 1. The smallest absolute Gasteiger partial charge is 0.250 e. The minimum Gasteiger partial charge on any atom is -0.385 e. The number of hydrogen-bond donors (Lipinski definition) is 3. The molecule has 8 heteroatoms. The molecule has 0 bridgehead atoms. The molecule has 2 aromatic carbocycles. The van der Waals surface area contributed by atoms with Gasteiger partial charge in [-0.25, -0.2) is 0 Å². The third kappa shape index (κ3) is 3.10. The lowest BCUT2D eigenvalue weighted by atomic mass is 9.76. The number of methoxy groups -OCH3 is 1. The van der Waals surface area contributed by atoms with Crippen LogP contribution < -0.4 is 10.6 Å². The van der Waals surface area contributed by atoms with E-state index in [0.29, 0.717) is 25.1 Å². The van der Waals surface area contributed by atoms with E-state index in [0.717, 1.165) is 27.6 Å². The van der Waals surface area contributed by atoms with Gasteiger partial charge in [0.1, 0.15) is 5.54 Å². The molecule has 0 aliphatic carbocycles. The Morgan fingerprint density at radius 2 is 1.91 bits per heavy atom. The summed E-state index contributed by atoms with van der Waals surface area (Å²) < 4.78 is 5.14. The second-order valence-electron chi connectivity index (χ2n) is 9.80. The summed E-state index contributed by atoms with van der Waals surface area (Å²) in [6, 6.07) is 13.4. The van der Waals surface area contributed by atoms with E-state index in [1.165, 1.54) is 4.90 Å². The van der Waals surface area contributed by atoms with Crippen molar-refractivity contribution in [2.24, 2.45) is 11.8 Å². The normalized spacial score (nSPS) is 27.2. The summed E-state index contributed by atoms with van der Waals surface area (Å²) in [5.41, 5.74) is 3.23. The van der Waals surface area contributed by atoms with Gasteiger partial charge >= 0.3 is 0 Å². The molecule has 0 unspecified atom stereocenters. The van der Waals surface area contributed by atoms with Gasteiger partial charge in [0, 0.05) is 54.7 Å². The van der Waals surface area contributed by atoms with E-state index in [2.05, 4.69) is 15.6 Å². The predicted molar refractivity (Wildman–Crippen MR) is 131 cm³/mol. The summed E-state index contributed by atoms with van der Waals surface area (Å²) in [4.78, 5) is 45.7. The van der Waals surface area contributed by atoms with Crippen LogP contribution in [0.15, 0.2) is 48.7 Å². The molecule has 3 amide bonds. The first-order chi connectivity index (χ1) is 17.0. The highest BCUT2D eigenvalue weighted by atomic mass is 16.5. The van der Waals surface area contributed by atoms with E-state index in [1.54, 1.807) is 7.11 Å². The number of carbonyl (C=O) groups is 3. The Bertz CT molecular complexity index is 1360. The number of fused-ring (bicyclic) bond motifs is 5. The van der Waals surface area contributed by atoms with Crippen LogP contribution in [0.3, 0.4) is 0 Å². The van der Waals surface area contributed by atoms with E-state index in [1.807, 2.05) is 55.6 Å². The maximum Gasteiger partial charge on any atom is 0.250 e. The number of H-pyrrole nitrogens is 1. The summed E-state index contributed by atoms with van der Waals surface area (Å²) >= 11 is 0. The molecule has 0 saturated carbocycles. The number of rotatable bonds is 6. The minimum absolute atomic E-state index is 0.209. The third-order valence-corrected chi connectivity index (χ3v) is 7.81. The molecule has 0 radical (unpaired) electrons. The van der Waals surface area contributed by atoms with Crippen LogP contribution in [0.4, 0.5) is 5.69 Å². The summed E-state index contributed by atoms with van der Waals surface area (Å²) in [5.74, 6) is -2.19. The Hall–Kier alpha value is -3.49. The van der Waals surface area contributed by atoms with Crippen LogP contribution in [0.25, 0.3) is 10.9 Å². The Morgan fingerprint density at radius 3 is 2.74 bits per heavy atom. The zero-order chi connectivity index (χ0) is 24.3. The Kier molecular flexibility index (Phi) is 5.05. The van der Waals surface area contributed by atoms with Crippen LogP contribution in [-0.2, 0) is 31.1 Å². The van der Waals surface area contributed by atoms with Gasteiger partial charge in [0.15, 0.2) is 0 Å². The second-order valence-corrected chi connectivity index (χ2v) is 9.80. The number of aryl methyl sites for hydroxylation is 1. The maximum atomic E-state index is 13.8. The molecule has 3 aliphatic rings. The largest absolute Gasteiger partial charge is 0.385 e. The number of carbonyl (C=O) groups excluding carboxylic acids is 3. The van der Waals surface area contributed by atoms with E-state index in [-0.39, 0.29) is 30.3 Å². The van der Waals surface area contributed by atoms with Gasteiger partial charge in [-0.15, -0.1) is 0 Å². The summed E-state index contributed by atoms with van der Waals surface area (Å²) in [6.07, 6.45) is 3.03. The van der Waals surface area contributed by atoms with Crippen molar-refractivity contribution in [2.75, 3.05) is 25.6 Å². The van der Waals surface area contributed by atoms with Crippen molar-refractivity contribution >= 4 is 34.3 Å². The fourth-order valence-electron chi connectivity index (χ4n) is 6.28. The Labute approximate surface area is 203 Å². The molecule has 4 heterocycles. The molecule has 3 aromatic rings. The second kappa shape index (κ2) is 8.03. The maximum absolute atomic E-state index is 13.8. The van der Waals surface area contributed by atoms with Gasteiger partial charge in [-0.2, -0.15) is 0 Å². The van der Waals surface area contributed by atoms with Gasteiger partial charge in [-0.05, 0) is 37.5 Å². The molecule has 180 valence electrons. The minimum atomic E-state index is -1.27. The van der Waals surface area contributed by atoms with Crippen LogP contribution in [0.5, 0.6) is 0 Å². The molecule has 35 heavy (non-hydrogen) atoms. The van der Waals surface area contributed by atoms with Crippen molar-refractivity contribution in [1.82, 2.24) is 15.2 Å². The number of para-hydroxylation sites is 1. The third-order valence-electron chi connectivity index (χ3n) is 7.81. The average molecular weight is 473 g/mol. The zero-order valence-electron chi connectivity index (χ0n) is 19.8. The first kappa shape index (κ1) is 22.0. The number of amides is 3. The summed E-state index contributed by atoms with van der Waals surface area (Å²) in [5, 5.41) is 7.58. The SMILES string of the molecule is COCCCN1C(=O)[C@@H]2[C@H](Cc3c[nH]c4ccccc34)N[C@]3(C(=O)Nc4ccc(C)cc43)[C@@H]2C1=O. The van der Waals surface area contributed by atoms with E-state index >= 15 is 0 Å². The number of hydrogen-bond acceptors (Lipinski definition) is 5. The number of ether oxygens (including phenoxy) is 1. The number of aromatic nitrogens is 1. The molecule has 6 rings (SSSR count). The number of nitrogens with one attached hydrogen (secondary N) is 3. The first-order valence-electron chi connectivity index (χ1n) is 12.0.